The van der Waals surface area contributed by atoms with E-state index in [0.29, 0.717) is 6.42 Å². The van der Waals surface area contributed by atoms with E-state index in [0.717, 1.165) is 11.3 Å². The van der Waals surface area contributed by atoms with Gasteiger partial charge in [0.2, 0.25) is 0 Å². The quantitative estimate of drug-likeness (QED) is 0.736. The van der Waals surface area contributed by atoms with E-state index in [1.807, 2.05) is 44.3 Å². The van der Waals surface area contributed by atoms with Crippen molar-refractivity contribution in [3.63, 3.8) is 0 Å². The van der Waals surface area contributed by atoms with Crippen molar-refractivity contribution in [3.8, 4) is 0 Å². The van der Waals surface area contributed by atoms with E-state index in [1.165, 1.54) is 0 Å². The molecule has 0 bridgehead atoms. The molecule has 0 unspecified atom stereocenters. The van der Waals surface area contributed by atoms with Gasteiger partial charge in [0.15, 0.2) is 5.78 Å². The first-order chi connectivity index (χ1) is 6.77. The van der Waals surface area contributed by atoms with E-state index in [4.69, 9.17) is 0 Å². The van der Waals surface area contributed by atoms with Crippen LogP contribution in [0.3, 0.4) is 0 Å². The van der Waals surface area contributed by atoms with Crippen molar-refractivity contribution in [2.24, 2.45) is 0 Å². The number of allylic oxidation sites excluding steroid dienone is 1. The number of hydrogen-bond acceptors (Lipinski definition) is 2. The lowest BCUT2D eigenvalue weighted by atomic mass is 10.1. The molecule has 2 nitrogen and oxygen atoms in total. The van der Waals surface area contributed by atoms with Crippen LogP contribution >= 0.6 is 0 Å². The first kappa shape index (κ1) is 10.5. The van der Waals surface area contributed by atoms with Gasteiger partial charge in [-0.2, -0.15) is 0 Å². The minimum atomic E-state index is 0.137. The highest BCUT2D eigenvalue weighted by Gasteiger charge is 2.00. The van der Waals surface area contributed by atoms with Gasteiger partial charge in [-0.15, -0.1) is 0 Å². The minimum Gasteiger partial charge on any atom is -0.388 e. The van der Waals surface area contributed by atoms with Gasteiger partial charge in [0, 0.05) is 25.2 Å². The predicted octanol–water partition coefficient (Wildman–Crippen LogP) is 2.23. The molecule has 0 aliphatic heterocycles. The van der Waals surface area contributed by atoms with Crippen LogP contribution in [0, 0.1) is 0 Å². The summed E-state index contributed by atoms with van der Waals surface area (Å²) in [5.74, 6) is 0.137. The van der Waals surface area contributed by atoms with E-state index in [1.54, 1.807) is 6.08 Å². The van der Waals surface area contributed by atoms with Crippen molar-refractivity contribution >= 4 is 11.5 Å². The summed E-state index contributed by atoms with van der Waals surface area (Å²) in [6, 6.07) is 9.82. The number of benzene rings is 1. The highest BCUT2D eigenvalue weighted by Crippen LogP contribution is 2.10. The van der Waals surface area contributed by atoms with E-state index in [-0.39, 0.29) is 5.78 Å². The molecule has 1 aromatic rings. The number of hydrogen-bond donors (Lipinski definition) is 1. The van der Waals surface area contributed by atoms with Crippen LogP contribution in [-0.2, 0) is 4.79 Å². The molecule has 2 heteroatoms. The summed E-state index contributed by atoms with van der Waals surface area (Å²) in [5, 5.41) is 3.02. The lowest BCUT2D eigenvalue weighted by Crippen LogP contribution is -2.06. The highest BCUT2D eigenvalue weighted by atomic mass is 16.1. The molecule has 74 valence electrons. The first-order valence-electron chi connectivity index (χ1n) is 4.75. The number of carbonyl (C=O) groups excluding carboxylic acids is 1. The predicted molar refractivity (Wildman–Crippen MR) is 58.8 cm³/mol. The van der Waals surface area contributed by atoms with Crippen LogP contribution in [0.5, 0.6) is 0 Å². The summed E-state index contributed by atoms with van der Waals surface area (Å²) >= 11 is 0. The summed E-state index contributed by atoms with van der Waals surface area (Å²) in [6.45, 7) is 1.86. The molecule has 1 rings (SSSR count). The number of ketones is 1. The van der Waals surface area contributed by atoms with Crippen molar-refractivity contribution < 1.29 is 4.79 Å². The van der Waals surface area contributed by atoms with Gasteiger partial charge in [-0.1, -0.05) is 37.3 Å². The summed E-state index contributed by atoms with van der Waals surface area (Å²) in [4.78, 5) is 11.2. The largest absolute Gasteiger partial charge is 0.388 e. The topological polar surface area (TPSA) is 29.1 Å². The van der Waals surface area contributed by atoms with Crippen LogP contribution < -0.4 is 5.32 Å². The third-order valence-corrected chi connectivity index (χ3v) is 2.01. The average molecular weight is 189 g/mol. The van der Waals surface area contributed by atoms with Crippen LogP contribution in [0.15, 0.2) is 36.4 Å². The molecule has 0 spiro atoms. The van der Waals surface area contributed by atoms with Gasteiger partial charge in [-0.3, -0.25) is 4.79 Å². The zero-order valence-electron chi connectivity index (χ0n) is 8.58. The molecule has 0 saturated heterocycles. The molecule has 0 saturated carbocycles. The van der Waals surface area contributed by atoms with Crippen LogP contribution in [0.25, 0.3) is 5.70 Å². The van der Waals surface area contributed by atoms with Crippen molar-refractivity contribution in [2.75, 3.05) is 7.05 Å². The van der Waals surface area contributed by atoms with Crippen molar-refractivity contribution in [1.82, 2.24) is 5.32 Å². The lowest BCUT2D eigenvalue weighted by molar-refractivity contribution is -0.114. The van der Waals surface area contributed by atoms with Crippen molar-refractivity contribution in [2.45, 2.75) is 13.3 Å². The Kier molecular flexibility index (Phi) is 3.92. The average Bonchev–Trinajstić information content (AvgIpc) is 2.26. The molecule has 14 heavy (non-hydrogen) atoms. The smallest absolute Gasteiger partial charge is 0.157 e. The van der Waals surface area contributed by atoms with Crippen molar-refractivity contribution in [1.29, 1.82) is 0 Å². The molecule has 0 aromatic heterocycles. The Morgan fingerprint density at radius 2 is 2.00 bits per heavy atom. The minimum absolute atomic E-state index is 0.137. The molecule has 0 atom stereocenters. The molecular weight excluding hydrogens is 174 g/mol. The molecule has 0 aliphatic carbocycles. The van der Waals surface area contributed by atoms with E-state index in [2.05, 4.69) is 5.32 Å². The molecular formula is C12H15NO. The standard InChI is InChI=1S/C12H15NO/c1-3-11(14)9-12(13-2)10-7-5-4-6-8-10/h4-9,13H,3H2,1-2H3/b12-9+. The van der Waals surface area contributed by atoms with Crippen LogP contribution in [0.4, 0.5) is 0 Å². The fourth-order valence-corrected chi connectivity index (χ4v) is 1.18. The maximum absolute atomic E-state index is 11.2. The molecule has 0 aliphatic rings. The van der Waals surface area contributed by atoms with Gasteiger partial charge < -0.3 is 5.32 Å². The summed E-state index contributed by atoms with van der Waals surface area (Å²) in [5.41, 5.74) is 1.91. The summed E-state index contributed by atoms with van der Waals surface area (Å²) in [6.07, 6.45) is 2.19. The van der Waals surface area contributed by atoms with Gasteiger partial charge in [0.1, 0.15) is 0 Å². The molecule has 0 fully saturated rings. The van der Waals surface area contributed by atoms with Crippen LogP contribution in [0.1, 0.15) is 18.9 Å². The maximum Gasteiger partial charge on any atom is 0.157 e. The molecule has 1 N–H and O–H groups in total. The second-order valence-corrected chi connectivity index (χ2v) is 2.99. The third kappa shape index (κ3) is 2.73. The second kappa shape index (κ2) is 5.22. The highest BCUT2D eigenvalue weighted by molar-refractivity contribution is 5.96. The summed E-state index contributed by atoms with van der Waals surface area (Å²) < 4.78 is 0. The van der Waals surface area contributed by atoms with Gasteiger partial charge in [-0.25, -0.2) is 0 Å². The first-order valence-corrected chi connectivity index (χ1v) is 4.75. The van der Waals surface area contributed by atoms with Gasteiger partial charge in [0.05, 0.1) is 0 Å². The Bertz CT molecular complexity index is 327. The zero-order chi connectivity index (χ0) is 10.4. The third-order valence-electron chi connectivity index (χ3n) is 2.01. The fraction of sp³-hybridized carbons (Fsp3) is 0.250. The number of nitrogens with one attached hydrogen (secondary N) is 1. The van der Waals surface area contributed by atoms with Gasteiger partial charge >= 0.3 is 0 Å². The Morgan fingerprint density at radius 3 is 2.50 bits per heavy atom. The fourth-order valence-electron chi connectivity index (χ4n) is 1.18. The van der Waals surface area contributed by atoms with Crippen molar-refractivity contribution in [3.05, 3.63) is 42.0 Å². The van der Waals surface area contributed by atoms with E-state index >= 15 is 0 Å². The summed E-state index contributed by atoms with van der Waals surface area (Å²) in [7, 11) is 1.82. The van der Waals surface area contributed by atoms with E-state index in [9.17, 15) is 4.79 Å². The Morgan fingerprint density at radius 1 is 1.36 bits per heavy atom. The molecule has 0 amide bonds. The van der Waals surface area contributed by atoms with Gasteiger partial charge in [-0.05, 0) is 5.56 Å². The SMILES string of the molecule is CCC(=O)/C=C(/NC)c1ccccc1. The maximum atomic E-state index is 11.2. The number of rotatable bonds is 4. The normalized spacial score (nSPS) is 11.1. The Labute approximate surface area is 84.6 Å². The molecule has 0 heterocycles. The van der Waals surface area contributed by atoms with Crippen LogP contribution in [-0.4, -0.2) is 12.8 Å². The number of carbonyl (C=O) groups is 1. The molecule has 1 aromatic carbocycles. The monoisotopic (exact) mass is 189 g/mol. The Balaban J connectivity index is 2.93. The lowest BCUT2D eigenvalue weighted by Gasteiger charge is -2.05. The second-order valence-electron chi connectivity index (χ2n) is 2.99. The Hall–Kier alpha value is -1.57. The van der Waals surface area contributed by atoms with Gasteiger partial charge in [0.25, 0.3) is 0 Å². The zero-order valence-corrected chi connectivity index (χ0v) is 8.58. The van der Waals surface area contributed by atoms with Crippen LogP contribution in [0.2, 0.25) is 0 Å². The van der Waals surface area contributed by atoms with E-state index < -0.39 is 0 Å². The molecule has 0 radical (unpaired) electrons.